The molecule has 0 aliphatic carbocycles. The van der Waals surface area contributed by atoms with Gasteiger partial charge in [0.1, 0.15) is 29.8 Å². The summed E-state index contributed by atoms with van der Waals surface area (Å²) >= 11 is 0. The van der Waals surface area contributed by atoms with Gasteiger partial charge in [0.05, 0.1) is 17.1 Å². The number of allylic oxidation sites excluding steroid dienone is 2. The fourth-order valence-corrected chi connectivity index (χ4v) is 4.51. The molecule has 31 heavy (non-hydrogen) atoms. The molecule has 3 aliphatic heterocycles. The zero-order valence-electron chi connectivity index (χ0n) is 17.3. The van der Waals surface area contributed by atoms with Gasteiger partial charge in [-0.1, -0.05) is 29.8 Å². The molecule has 2 aromatic heterocycles. The zero-order chi connectivity index (χ0) is 21.1. The lowest BCUT2D eigenvalue weighted by atomic mass is 9.98. The number of rotatable bonds is 2. The molecule has 3 aromatic rings. The number of nitrogens with zero attached hydrogens (tertiary/aromatic N) is 5. The second kappa shape index (κ2) is 6.63. The van der Waals surface area contributed by atoms with Gasteiger partial charge in [0.2, 0.25) is 0 Å². The van der Waals surface area contributed by atoms with Gasteiger partial charge in [0.25, 0.3) is 0 Å². The quantitative estimate of drug-likeness (QED) is 0.691. The van der Waals surface area contributed by atoms with Gasteiger partial charge in [-0.2, -0.15) is 5.10 Å². The molecule has 1 unspecified atom stereocenters. The monoisotopic (exact) mass is 412 g/mol. The molecule has 0 spiro atoms. The summed E-state index contributed by atoms with van der Waals surface area (Å²) < 4.78 is 16.2. The minimum absolute atomic E-state index is 0.0332. The van der Waals surface area contributed by atoms with E-state index in [2.05, 4.69) is 57.2 Å². The SMILES string of the molecule is Cc1ccc2c(c1)CCn1c-2nc(-c2ccc(F)c(C)n2)c1C1=CN2N=CNC2C=C1. The fourth-order valence-electron chi connectivity index (χ4n) is 4.51. The summed E-state index contributed by atoms with van der Waals surface area (Å²) in [5.74, 6) is 0.613. The first-order chi connectivity index (χ1) is 15.1. The average molecular weight is 412 g/mol. The van der Waals surface area contributed by atoms with Crippen molar-refractivity contribution in [3.05, 3.63) is 77.0 Å². The molecule has 3 aliphatic rings. The van der Waals surface area contributed by atoms with Gasteiger partial charge in [-0.25, -0.2) is 19.4 Å². The van der Waals surface area contributed by atoms with E-state index in [-0.39, 0.29) is 12.0 Å². The Balaban J connectivity index is 1.59. The van der Waals surface area contributed by atoms with Crippen molar-refractivity contribution in [1.29, 1.82) is 0 Å². The number of imidazole rings is 1. The first-order valence-corrected chi connectivity index (χ1v) is 10.4. The van der Waals surface area contributed by atoms with Crippen molar-refractivity contribution in [2.75, 3.05) is 0 Å². The number of fused-ring (bicyclic) bond motifs is 4. The van der Waals surface area contributed by atoms with Crippen molar-refractivity contribution in [2.45, 2.75) is 33.0 Å². The van der Waals surface area contributed by atoms with Crippen LogP contribution >= 0.6 is 0 Å². The van der Waals surface area contributed by atoms with Crippen molar-refractivity contribution in [3.8, 4) is 22.8 Å². The maximum atomic E-state index is 13.9. The average Bonchev–Trinajstić information content (AvgIpc) is 3.39. The van der Waals surface area contributed by atoms with E-state index in [9.17, 15) is 4.39 Å². The Kier molecular flexibility index (Phi) is 3.86. The highest BCUT2D eigenvalue weighted by molar-refractivity contribution is 5.85. The third-order valence-electron chi connectivity index (χ3n) is 6.06. The molecule has 0 radical (unpaired) electrons. The van der Waals surface area contributed by atoms with E-state index in [4.69, 9.17) is 4.98 Å². The molecular weight excluding hydrogens is 391 g/mol. The van der Waals surface area contributed by atoms with Gasteiger partial charge in [0.15, 0.2) is 0 Å². The van der Waals surface area contributed by atoms with Crippen LogP contribution in [0.15, 0.2) is 53.8 Å². The number of pyridine rings is 1. The van der Waals surface area contributed by atoms with E-state index >= 15 is 0 Å². The Morgan fingerprint density at radius 2 is 2.03 bits per heavy atom. The first kappa shape index (κ1) is 18.1. The van der Waals surface area contributed by atoms with Gasteiger partial charge in [-0.05, 0) is 44.0 Å². The molecule has 0 saturated heterocycles. The third kappa shape index (κ3) is 2.80. The lowest BCUT2D eigenvalue weighted by molar-refractivity contribution is 0.351. The van der Waals surface area contributed by atoms with E-state index in [1.54, 1.807) is 19.3 Å². The minimum atomic E-state index is -0.313. The summed E-state index contributed by atoms with van der Waals surface area (Å²) in [6, 6.07) is 9.68. The fraction of sp³-hybridized carbons (Fsp3) is 0.208. The van der Waals surface area contributed by atoms with E-state index in [0.29, 0.717) is 11.4 Å². The molecule has 0 amide bonds. The van der Waals surface area contributed by atoms with Gasteiger partial charge < -0.3 is 9.88 Å². The predicted octanol–water partition coefficient (Wildman–Crippen LogP) is 4.01. The van der Waals surface area contributed by atoms with Gasteiger partial charge in [-0.15, -0.1) is 0 Å². The second-order valence-corrected chi connectivity index (χ2v) is 8.14. The number of hydrazone groups is 1. The molecule has 0 fully saturated rings. The van der Waals surface area contributed by atoms with Crippen molar-refractivity contribution < 1.29 is 4.39 Å². The summed E-state index contributed by atoms with van der Waals surface area (Å²) in [4.78, 5) is 9.57. The maximum absolute atomic E-state index is 13.9. The molecule has 0 saturated carbocycles. The lowest BCUT2D eigenvalue weighted by Crippen LogP contribution is -2.32. The van der Waals surface area contributed by atoms with E-state index in [1.807, 2.05) is 11.2 Å². The topological polar surface area (TPSA) is 58.3 Å². The van der Waals surface area contributed by atoms with Crippen LogP contribution in [0.4, 0.5) is 4.39 Å². The van der Waals surface area contributed by atoms with Gasteiger partial charge in [0, 0.05) is 23.9 Å². The Labute approximate surface area is 179 Å². The first-order valence-electron chi connectivity index (χ1n) is 10.4. The van der Waals surface area contributed by atoms with Gasteiger partial charge in [-0.3, -0.25) is 0 Å². The van der Waals surface area contributed by atoms with Crippen molar-refractivity contribution in [3.63, 3.8) is 0 Å². The molecule has 154 valence electrons. The van der Waals surface area contributed by atoms with E-state index in [1.165, 1.54) is 17.2 Å². The smallest absolute Gasteiger partial charge is 0.144 e. The largest absolute Gasteiger partial charge is 0.350 e. The van der Waals surface area contributed by atoms with Crippen LogP contribution < -0.4 is 5.32 Å². The lowest BCUT2D eigenvalue weighted by Gasteiger charge is -2.24. The molecule has 1 atom stereocenters. The van der Waals surface area contributed by atoms with Crippen LogP contribution in [-0.2, 0) is 13.0 Å². The normalized spacial score (nSPS) is 18.4. The number of benzene rings is 1. The Morgan fingerprint density at radius 3 is 2.90 bits per heavy atom. The molecule has 6 rings (SSSR count). The highest BCUT2D eigenvalue weighted by Gasteiger charge is 2.29. The van der Waals surface area contributed by atoms with Gasteiger partial charge >= 0.3 is 0 Å². The highest BCUT2D eigenvalue weighted by Crippen LogP contribution is 2.39. The number of aryl methyl sites for hydroxylation is 3. The Bertz CT molecular complexity index is 1320. The number of aromatic nitrogens is 3. The van der Waals surface area contributed by atoms with E-state index in [0.717, 1.165) is 41.3 Å². The summed E-state index contributed by atoms with van der Waals surface area (Å²) in [5.41, 5.74) is 7.48. The van der Waals surface area contributed by atoms with Crippen LogP contribution in [0.5, 0.6) is 0 Å². The number of hydrogen-bond donors (Lipinski definition) is 1. The maximum Gasteiger partial charge on any atom is 0.144 e. The van der Waals surface area contributed by atoms with E-state index < -0.39 is 0 Å². The highest BCUT2D eigenvalue weighted by atomic mass is 19.1. The molecule has 7 heteroatoms. The summed E-state index contributed by atoms with van der Waals surface area (Å²) in [7, 11) is 0. The number of halogens is 1. The summed E-state index contributed by atoms with van der Waals surface area (Å²) in [6.45, 7) is 4.62. The summed E-state index contributed by atoms with van der Waals surface area (Å²) in [5, 5.41) is 9.46. The minimum Gasteiger partial charge on any atom is -0.350 e. The van der Waals surface area contributed by atoms with Crippen LogP contribution in [0.2, 0.25) is 0 Å². The molecule has 5 heterocycles. The molecular formula is C24H21FN6. The molecule has 1 N–H and O–H groups in total. The third-order valence-corrected chi connectivity index (χ3v) is 6.06. The molecule has 0 bridgehead atoms. The zero-order valence-corrected chi connectivity index (χ0v) is 17.3. The van der Waals surface area contributed by atoms with Crippen LogP contribution in [-0.4, -0.2) is 32.0 Å². The molecule has 1 aromatic carbocycles. The van der Waals surface area contributed by atoms with Crippen LogP contribution in [0.1, 0.15) is 22.5 Å². The van der Waals surface area contributed by atoms with Crippen molar-refractivity contribution in [2.24, 2.45) is 5.10 Å². The standard InChI is InChI=1S/C24H21FN6/c1-14-3-5-18-16(11-14)9-10-30-23(17-4-8-21-26-13-27-31(21)12-17)22(29-24(18)30)20-7-6-19(25)15(2)28-20/h3-8,11-13,21H,9-10H2,1-2H3,(H,26,27). The number of hydrogen-bond acceptors (Lipinski definition) is 5. The second-order valence-electron chi connectivity index (χ2n) is 8.14. The van der Waals surface area contributed by atoms with Crippen LogP contribution in [0.3, 0.4) is 0 Å². The van der Waals surface area contributed by atoms with Crippen molar-refractivity contribution >= 4 is 11.9 Å². The van der Waals surface area contributed by atoms with Crippen molar-refractivity contribution in [1.82, 2.24) is 24.9 Å². The predicted molar refractivity (Wildman–Crippen MR) is 118 cm³/mol. The van der Waals surface area contributed by atoms with Crippen LogP contribution in [0.25, 0.3) is 28.3 Å². The Morgan fingerprint density at radius 1 is 1.13 bits per heavy atom. The number of nitrogens with one attached hydrogen (secondary N) is 1. The summed E-state index contributed by atoms with van der Waals surface area (Å²) in [6.07, 6.45) is 8.87. The Hall–Kier alpha value is -3.74. The van der Waals surface area contributed by atoms with Crippen LogP contribution in [0, 0.1) is 19.7 Å². The molecule has 6 nitrogen and oxygen atoms in total.